The predicted octanol–water partition coefficient (Wildman–Crippen LogP) is 2.47. The minimum atomic E-state index is -0.529. The maximum atomic E-state index is 13.7. The average Bonchev–Trinajstić information content (AvgIpc) is 2.59. The molecule has 4 nitrogen and oxygen atoms in total. The molecular weight excluding hydrogens is 245 g/mol. The Labute approximate surface area is 103 Å². The number of aryl methyl sites for hydroxylation is 1. The maximum absolute atomic E-state index is 13.7. The molecule has 2 aromatic rings. The highest BCUT2D eigenvalue weighted by Gasteiger charge is 2.17. The Balaban J connectivity index is 2.70. The predicted molar refractivity (Wildman–Crippen MR) is 64.6 cm³/mol. The first-order valence-corrected chi connectivity index (χ1v) is 5.23. The lowest BCUT2D eigenvalue weighted by atomic mass is 10.1. The summed E-state index contributed by atoms with van der Waals surface area (Å²) in [5.41, 5.74) is 6.92. The van der Waals surface area contributed by atoms with Crippen LogP contribution in [0.25, 0.3) is 11.1 Å². The quantitative estimate of drug-likeness (QED) is 0.897. The molecule has 0 saturated heterocycles. The van der Waals surface area contributed by atoms with Crippen LogP contribution in [-0.2, 0) is 7.05 Å². The minimum Gasteiger partial charge on any atom is -0.493 e. The Morgan fingerprint density at radius 2 is 2.12 bits per heavy atom. The lowest BCUT2D eigenvalue weighted by molar-refractivity contribution is 0.388. The molecule has 0 bridgehead atoms. The molecule has 2 rings (SSSR count). The molecule has 6 heteroatoms. The third-order valence-electron chi connectivity index (χ3n) is 2.49. The third kappa shape index (κ3) is 1.93. The number of aromatic nitrogens is 2. The fraction of sp³-hybridized carbons (Fsp3) is 0.182. The van der Waals surface area contributed by atoms with Crippen LogP contribution in [-0.4, -0.2) is 16.9 Å². The van der Waals surface area contributed by atoms with Crippen LogP contribution < -0.4 is 10.5 Å². The fourth-order valence-corrected chi connectivity index (χ4v) is 1.83. The smallest absolute Gasteiger partial charge is 0.167 e. The zero-order chi connectivity index (χ0) is 12.6. The molecule has 90 valence electrons. The van der Waals surface area contributed by atoms with Gasteiger partial charge in [0.05, 0.1) is 13.3 Å². The van der Waals surface area contributed by atoms with Crippen LogP contribution in [0.5, 0.6) is 5.75 Å². The van der Waals surface area contributed by atoms with Crippen molar-refractivity contribution in [2.45, 2.75) is 0 Å². The summed E-state index contributed by atoms with van der Waals surface area (Å²) in [5.74, 6) is -0.00248. The van der Waals surface area contributed by atoms with Crippen molar-refractivity contribution < 1.29 is 9.13 Å². The number of benzene rings is 1. The lowest BCUT2D eigenvalue weighted by Gasteiger charge is -2.09. The zero-order valence-corrected chi connectivity index (χ0v) is 10.1. The topological polar surface area (TPSA) is 53.1 Å². The van der Waals surface area contributed by atoms with Crippen LogP contribution in [0, 0.1) is 5.82 Å². The summed E-state index contributed by atoms with van der Waals surface area (Å²) < 4.78 is 20.2. The summed E-state index contributed by atoms with van der Waals surface area (Å²) in [6.45, 7) is 0. The molecule has 2 N–H and O–H groups in total. The lowest BCUT2D eigenvalue weighted by Crippen LogP contribution is -1.99. The summed E-state index contributed by atoms with van der Waals surface area (Å²) in [4.78, 5) is 0. The monoisotopic (exact) mass is 255 g/mol. The number of anilines is 1. The van der Waals surface area contributed by atoms with Crippen LogP contribution in [0.2, 0.25) is 5.02 Å². The number of nitrogens with zero attached hydrogens (tertiary/aromatic N) is 2. The summed E-state index contributed by atoms with van der Waals surface area (Å²) in [7, 11) is 3.09. The van der Waals surface area contributed by atoms with E-state index in [1.807, 2.05) is 0 Å². The fourth-order valence-electron chi connectivity index (χ4n) is 1.62. The number of methoxy groups -OCH3 is 1. The molecule has 1 aromatic carbocycles. The van der Waals surface area contributed by atoms with Gasteiger partial charge < -0.3 is 10.5 Å². The summed E-state index contributed by atoms with van der Waals surface area (Å²) in [5, 5.41) is 4.28. The molecule has 17 heavy (non-hydrogen) atoms. The van der Waals surface area contributed by atoms with Crippen LogP contribution in [0.3, 0.4) is 0 Å². The molecule has 0 saturated carbocycles. The van der Waals surface area contributed by atoms with Gasteiger partial charge in [0.25, 0.3) is 0 Å². The Kier molecular flexibility index (Phi) is 2.93. The van der Waals surface area contributed by atoms with Gasteiger partial charge in [0, 0.05) is 23.2 Å². The summed E-state index contributed by atoms with van der Waals surface area (Å²) in [6.07, 6.45) is 1.54. The molecule has 1 heterocycles. The van der Waals surface area contributed by atoms with Gasteiger partial charge in [-0.05, 0) is 12.1 Å². The molecule has 0 atom stereocenters. The van der Waals surface area contributed by atoms with E-state index in [2.05, 4.69) is 5.10 Å². The Morgan fingerprint density at radius 1 is 1.41 bits per heavy atom. The second kappa shape index (κ2) is 4.25. The summed E-state index contributed by atoms with van der Waals surface area (Å²) in [6, 6.07) is 2.79. The van der Waals surface area contributed by atoms with Crippen LogP contribution in [0.1, 0.15) is 0 Å². The largest absolute Gasteiger partial charge is 0.493 e. The van der Waals surface area contributed by atoms with Gasteiger partial charge in [0.15, 0.2) is 11.6 Å². The molecule has 0 aliphatic heterocycles. The maximum Gasteiger partial charge on any atom is 0.167 e. The first-order chi connectivity index (χ1) is 8.04. The molecule has 1 aromatic heterocycles. The Morgan fingerprint density at radius 3 is 2.65 bits per heavy atom. The van der Waals surface area contributed by atoms with E-state index in [0.29, 0.717) is 16.9 Å². The molecule has 0 aliphatic carbocycles. The zero-order valence-electron chi connectivity index (χ0n) is 9.37. The second-order valence-electron chi connectivity index (χ2n) is 3.54. The van der Waals surface area contributed by atoms with Gasteiger partial charge in [-0.1, -0.05) is 11.6 Å². The van der Waals surface area contributed by atoms with Gasteiger partial charge in [-0.2, -0.15) is 5.10 Å². The highest BCUT2D eigenvalue weighted by molar-refractivity contribution is 6.31. The molecule has 0 unspecified atom stereocenters. The van der Waals surface area contributed by atoms with Crippen molar-refractivity contribution in [1.29, 1.82) is 0 Å². The average molecular weight is 256 g/mol. The standard InChI is InChI=1S/C11H11ClFN3O/c1-16-11(14)8(5-15-16)7-3-6(12)4-9(13)10(7)17-2/h3-5H,14H2,1-2H3. The SMILES string of the molecule is COc1c(F)cc(Cl)cc1-c1cnn(C)c1N. The number of ether oxygens (including phenoxy) is 1. The molecule has 0 fully saturated rings. The Hall–Kier alpha value is -1.75. The molecule has 0 radical (unpaired) electrons. The van der Waals surface area contributed by atoms with Crippen molar-refractivity contribution in [3.05, 3.63) is 29.2 Å². The van der Waals surface area contributed by atoms with E-state index in [9.17, 15) is 4.39 Å². The van der Waals surface area contributed by atoms with E-state index >= 15 is 0 Å². The number of rotatable bonds is 2. The highest BCUT2D eigenvalue weighted by atomic mass is 35.5. The van der Waals surface area contributed by atoms with E-state index in [0.717, 1.165) is 0 Å². The second-order valence-corrected chi connectivity index (χ2v) is 3.97. The number of halogens is 2. The van der Waals surface area contributed by atoms with Crippen molar-refractivity contribution >= 4 is 17.4 Å². The number of nitrogen functional groups attached to an aromatic ring is 1. The van der Waals surface area contributed by atoms with Crippen molar-refractivity contribution in [2.24, 2.45) is 7.05 Å². The van der Waals surface area contributed by atoms with Gasteiger partial charge in [-0.25, -0.2) is 4.39 Å². The molecule has 0 aliphatic rings. The number of hydrogen-bond acceptors (Lipinski definition) is 3. The van der Waals surface area contributed by atoms with E-state index in [1.54, 1.807) is 19.3 Å². The van der Waals surface area contributed by atoms with Crippen molar-refractivity contribution in [3.8, 4) is 16.9 Å². The van der Waals surface area contributed by atoms with Crippen molar-refractivity contribution in [1.82, 2.24) is 9.78 Å². The van der Waals surface area contributed by atoms with Gasteiger partial charge in [-0.3, -0.25) is 4.68 Å². The van der Waals surface area contributed by atoms with Crippen molar-refractivity contribution in [3.63, 3.8) is 0 Å². The first kappa shape index (κ1) is 11.7. The van der Waals surface area contributed by atoms with Gasteiger partial charge in [-0.15, -0.1) is 0 Å². The van der Waals surface area contributed by atoms with Crippen LogP contribution in [0.15, 0.2) is 18.3 Å². The minimum absolute atomic E-state index is 0.106. The first-order valence-electron chi connectivity index (χ1n) is 4.85. The summed E-state index contributed by atoms with van der Waals surface area (Å²) >= 11 is 5.82. The van der Waals surface area contributed by atoms with Gasteiger partial charge in [0.2, 0.25) is 0 Å². The van der Waals surface area contributed by atoms with E-state index in [4.69, 9.17) is 22.1 Å². The van der Waals surface area contributed by atoms with E-state index in [1.165, 1.54) is 17.9 Å². The highest BCUT2D eigenvalue weighted by Crippen LogP contribution is 2.37. The third-order valence-corrected chi connectivity index (χ3v) is 2.71. The van der Waals surface area contributed by atoms with Crippen molar-refractivity contribution in [2.75, 3.05) is 12.8 Å². The molecule has 0 spiro atoms. The number of hydrogen-bond donors (Lipinski definition) is 1. The molecular formula is C11H11ClFN3O. The van der Waals surface area contributed by atoms with Crippen LogP contribution in [0.4, 0.5) is 10.2 Å². The van der Waals surface area contributed by atoms with E-state index in [-0.39, 0.29) is 10.8 Å². The van der Waals surface area contributed by atoms with Gasteiger partial charge in [0.1, 0.15) is 5.82 Å². The normalized spacial score (nSPS) is 10.6. The van der Waals surface area contributed by atoms with Gasteiger partial charge >= 0.3 is 0 Å². The van der Waals surface area contributed by atoms with E-state index < -0.39 is 5.82 Å². The van der Waals surface area contributed by atoms with Crippen LogP contribution >= 0.6 is 11.6 Å². The Bertz CT molecular complexity index is 568. The molecule has 0 amide bonds. The number of nitrogens with two attached hydrogens (primary N) is 1.